The van der Waals surface area contributed by atoms with Crippen molar-refractivity contribution in [3.8, 4) is 0 Å². The molecular weight excluding hydrogens is 316 g/mol. The van der Waals surface area contributed by atoms with Crippen LogP contribution in [0.4, 0.5) is 0 Å². The van der Waals surface area contributed by atoms with E-state index in [9.17, 15) is 4.79 Å². The number of rotatable bonds is 5. The smallest absolute Gasteiger partial charge is 0.257 e. The fourth-order valence-corrected chi connectivity index (χ4v) is 3.75. The summed E-state index contributed by atoms with van der Waals surface area (Å²) in [6.45, 7) is 2.72. The second kappa shape index (κ2) is 6.54. The molecule has 0 bridgehead atoms. The topological polar surface area (TPSA) is 46.3 Å². The third-order valence-corrected chi connectivity index (χ3v) is 5.19. The van der Waals surface area contributed by atoms with Gasteiger partial charge in [0.15, 0.2) is 5.58 Å². The van der Waals surface area contributed by atoms with Gasteiger partial charge in [-0.15, -0.1) is 11.3 Å². The fourth-order valence-electron chi connectivity index (χ4n) is 2.02. The van der Waals surface area contributed by atoms with Crippen LogP contribution in [0.3, 0.4) is 0 Å². The summed E-state index contributed by atoms with van der Waals surface area (Å²) in [7, 11) is 1.83. The molecule has 1 amide bonds. The Hall–Kier alpha value is -1.79. The fraction of sp³-hybridized carbons (Fsp3) is 0.250. The van der Waals surface area contributed by atoms with Gasteiger partial charge in [0.1, 0.15) is 5.52 Å². The zero-order chi connectivity index (χ0) is 15.5. The van der Waals surface area contributed by atoms with Gasteiger partial charge in [0.05, 0.1) is 12.3 Å². The predicted molar refractivity (Wildman–Crippen MR) is 90.3 cm³/mol. The maximum atomic E-state index is 12.2. The highest BCUT2D eigenvalue weighted by Crippen LogP contribution is 2.24. The van der Waals surface area contributed by atoms with E-state index < -0.39 is 0 Å². The molecule has 2 aromatic heterocycles. The van der Waals surface area contributed by atoms with Gasteiger partial charge in [-0.3, -0.25) is 4.79 Å². The van der Waals surface area contributed by atoms with E-state index >= 15 is 0 Å². The van der Waals surface area contributed by atoms with Crippen LogP contribution in [0.15, 0.2) is 45.4 Å². The van der Waals surface area contributed by atoms with Crippen molar-refractivity contribution in [1.29, 1.82) is 0 Å². The number of thioether (sulfide) groups is 1. The first-order valence-electron chi connectivity index (χ1n) is 6.89. The molecule has 0 spiro atoms. The standard InChI is InChI=1S/C16H16N2O2S2/c1-11-7-8-21-14(11)9-18(2)15(19)10-22-16-17-12-5-3-4-6-13(12)20-16/h3-8H,9-10H2,1-2H3. The Morgan fingerprint density at radius 3 is 2.91 bits per heavy atom. The highest BCUT2D eigenvalue weighted by Gasteiger charge is 2.14. The molecule has 0 radical (unpaired) electrons. The van der Waals surface area contributed by atoms with Gasteiger partial charge in [-0.25, -0.2) is 4.98 Å². The second-order valence-corrected chi connectivity index (χ2v) is 6.94. The summed E-state index contributed by atoms with van der Waals surface area (Å²) in [5.74, 6) is 0.397. The number of hydrogen-bond donors (Lipinski definition) is 0. The monoisotopic (exact) mass is 332 g/mol. The van der Waals surface area contributed by atoms with Gasteiger partial charge >= 0.3 is 0 Å². The van der Waals surface area contributed by atoms with E-state index in [1.54, 1.807) is 16.2 Å². The number of hydrogen-bond acceptors (Lipinski definition) is 5. The summed E-state index contributed by atoms with van der Waals surface area (Å²) in [6, 6.07) is 9.67. The quantitative estimate of drug-likeness (QED) is 0.664. The van der Waals surface area contributed by atoms with Gasteiger partial charge in [-0.2, -0.15) is 0 Å². The van der Waals surface area contributed by atoms with Crippen LogP contribution >= 0.6 is 23.1 Å². The number of aromatic nitrogens is 1. The minimum absolute atomic E-state index is 0.0695. The molecule has 0 unspecified atom stereocenters. The SMILES string of the molecule is Cc1ccsc1CN(C)C(=O)CSc1nc2ccccc2o1. The Morgan fingerprint density at radius 2 is 2.18 bits per heavy atom. The average Bonchev–Trinajstić information content (AvgIpc) is 3.10. The predicted octanol–water partition coefficient (Wildman–Crippen LogP) is 3.95. The summed E-state index contributed by atoms with van der Waals surface area (Å²) in [6.07, 6.45) is 0. The molecule has 3 aromatic rings. The molecule has 22 heavy (non-hydrogen) atoms. The minimum atomic E-state index is 0.0695. The van der Waals surface area contributed by atoms with E-state index in [-0.39, 0.29) is 5.91 Å². The van der Waals surface area contributed by atoms with E-state index in [4.69, 9.17) is 4.42 Å². The molecule has 4 nitrogen and oxygen atoms in total. The van der Waals surface area contributed by atoms with Crippen LogP contribution in [-0.2, 0) is 11.3 Å². The Morgan fingerprint density at radius 1 is 1.36 bits per heavy atom. The van der Waals surface area contributed by atoms with E-state index in [0.29, 0.717) is 17.5 Å². The van der Waals surface area contributed by atoms with Gasteiger partial charge < -0.3 is 9.32 Å². The molecule has 0 aliphatic heterocycles. The molecular formula is C16H16N2O2S2. The van der Waals surface area contributed by atoms with Crippen LogP contribution in [0, 0.1) is 6.92 Å². The van der Waals surface area contributed by atoms with Crippen molar-refractivity contribution in [3.05, 3.63) is 46.2 Å². The van der Waals surface area contributed by atoms with Crippen LogP contribution in [0.25, 0.3) is 11.1 Å². The number of oxazole rings is 1. The van der Waals surface area contributed by atoms with E-state index in [2.05, 4.69) is 23.4 Å². The molecule has 6 heteroatoms. The third kappa shape index (κ3) is 3.34. The molecule has 0 aliphatic rings. The molecule has 2 heterocycles. The summed E-state index contributed by atoms with van der Waals surface area (Å²) < 4.78 is 5.61. The third-order valence-electron chi connectivity index (χ3n) is 3.37. The molecule has 0 saturated heterocycles. The zero-order valence-electron chi connectivity index (χ0n) is 12.4. The average molecular weight is 332 g/mol. The molecule has 3 rings (SSSR count). The molecule has 0 saturated carbocycles. The maximum absolute atomic E-state index is 12.2. The molecule has 0 atom stereocenters. The molecule has 0 aliphatic carbocycles. The molecule has 0 N–H and O–H groups in total. The first kappa shape index (κ1) is 15.1. The number of carbonyl (C=O) groups excluding carboxylic acids is 1. The second-order valence-electron chi connectivity index (χ2n) is 5.01. The Kier molecular flexibility index (Phi) is 4.49. The lowest BCUT2D eigenvalue weighted by molar-refractivity contribution is -0.127. The summed E-state index contributed by atoms with van der Waals surface area (Å²) in [4.78, 5) is 19.5. The number of aryl methyl sites for hydroxylation is 1. The Bertz CT molecular complexity index is 761. The van der Waals surface area contributed by atoms with E-state index in [0.717, 1.165) is 11.1 Å². The van der Waals surface area contributed by atoms with Crippen LogP contribution in [0.2, 0.25) is 0 Å². The lowest BCUT2D eigenvalue weighted by atomic mass is 10.3. The van der Waals surface area contributed by atoms with Crippen LogP contribution < -0.4 is 0 Å². The van der Waals surface area contributed by atoms with Crippen LogP contribution in [0.1, 0.15) is 10.4 Å². The molecule has 0 fully saturated rings. The Balaban J connectivity index is 1.58. The molecule has 114 valence electrons. The largest absolute Gasteiger partial charge is 0.431 e. The van der Waals surface area contributed by atoms with Gasteiger partial charge in [-0.1, -0.05) is 23.9 Å². The van der Waals surface area contributed by atoms with Crippen molar-refractivity contribution in [3.63, 3.8) is 0 Å². The van der Waals surface area contributed by atoms with E-state index in [1.165, 1.54) is 22.2 Å². The normalized spacial score (nSPS) is 11.0. The number of carbonyl (C=O) groups is 1. The molecule has 1 aromatic carbocycles. The first-order chi connectivity index (χ1) is 10.6. The van der Waals surface area contributed by atoms with Crippen molar-refractivity contribution in [1.82, 2.24) is 9.88 Å². The first-order valence-corrected chi connectivity index (χ1v) is 8.75. The summed E-state index contributed by atoms with van der Waals surface area (Å²) in [5.41, 5.74) is 2.80. The zero-order valence-corrected chi connectivity index (χ0v) is 14.0. The number of benzene rings is 1. The highest BCUT2D eigenvalue weighted by atomic mass is 32.2. The number of para-hydroxylation sites is 2. The van der Waals surface area contributed by atoms with E-state index in [1.807, 2.05) is 31.3 Å². The van der Waals surface area contributed by atoms with Crippen molar-refractivity contribution >= 4 is 40.1 Å². The van der Waals surface area contributed by atoms with Crippen LogP contribution in [-0.4, -0.2) is 28.6 Å². The van der Waals surface area contributed by atoms with Crippen molar-refractivity contribution < 1.29 is 9.21 Å². The number of amides is 1. The lowest BCUT2D eigenvalue weighted by Gasteiger charge is -2.16. The number of fused-ring (bicyclic) bond motifs is 1. The van der Waals surface area contributed by atoms with Gasteiger partial charge in [-0.05, 0) is 36.1 Å². The summed E-state index contributed by atoms with van der Waals surface area (Å²) >= 11 is 3.01. The Labute approximate surface area is 137 Å². The van der Waals surface area contributed by atoms with Crippen molar-refractivity contribution in [2.45, 2.75) is 18.7 Å². The summed E-state index contributed by atoms with van der Waals surface area (Å²) in [5, 5.41) is 2.59. The number of nitrogens with zero attached hydrogens (tertiary/aromatic N) is 2. The number of thiophene rings is 1. The lowest BCUT2D eigenvalue weighted by Crippen LogP contribution is -2.27. The van der Waals surface area contributed by atoms with Crippen LogP contribution in [0.5, 0.6) is 0 Å². The maximum Gasteiger partial charge on any atom is 0.257 e. The highest BCUT2D eigenvalue weighted by molar-refractivity contribution is 7.99. The van der Waals surface area contributed by atoms with Crippen molar-refractivity contribution in [2.75, 3.05) is 12.8 Å². The van der Waals surface area contributed by atoms with Gasteiger partial charge in [0.2, 0.25) is 5.91 Å². The van der Waals surface area contributed by atoms with Crippen molar-refractivity contribution in [2.24, 2.45) is 0 Å². The minimum Gasteiger partial charge on any atom is -0.431 e. The van der Waals surface area contributed by atoms with Gasteiger partial charge in [0, 0.05) is 11.9 Å². The van der Waals surface area contributed by atoms with Gasteiger partial charge in [0.25, 0.3) is 5.22 Å².